The minimum absolute atomic E-state index is 0.105. The van der Waals surface area contributed by atoms with E-state index in [1.54, 1.807) is 29.1 Å². The molecule has 66 heavy (non-hydrogen) atoms. The van der Waals surface area contributed by atoms with Crippen LogP contribution in [0.2, 0.25) is 5.04 Å². The second kappa shape index (κ2) is 21.1. The van der Waals surface area contributed by atoms with E-state index in [1.807, 2.05) is 72.9 Å². The molecule has 3 aromatic carbocycles. The predicted octanol–water partition coefficient (Wildman–Crippen LogP) is 9.05. The summed E-state index contributed by atoms with van der Waals surface area (Å²) in [5, 5.41) is 2.05. The number of halogens is 6. The van der Waals surface area contributed by atoms with E-state index >= 15 is 13.2 Å². The van der Waals surface area contributed by atoms with Gasteiger partial charge in [-0.1, -0.05) is 125 Å². The van der Waals surface area contributed by atoms with Crippen molar-refractivity contribution < 1.29 is 63.0 Å². The molecule has 360 valence electrons. The maximum Gasteiger partial charge on any atom is 0.426 e. The Balaban J connectivity index is 1.61. The fourth-order valence-electron chi connectivity index (χ4n) is 7.36. The minimum Gasteiger partial charge on any atom is -0.444 e. The number of rotatable bonds is 17. The molecule has 3 amide bonds. The highest BCUT2D eigenvalue weighted by Gasteiger charge is 2.61. The predicted molar refractivity (Wildman–Crippen MR) is 239 cm³/mol. The summed E-state index contributed by atoms with van der Waals surface area (Å²) in [7, 11) is -7.78. The fourth-order valence-corrected chi connectivity index (χ4v) is 12.9. The lowest BCUT2D eigenvalue weighted by Crippen LogP contribution is -2.67. The molecule has 1 aromatic heterocycles. The van der Waals surface area contributed by atoms with Gasteiger partial charge in [0.25, 0.3) is 20.1 Å². The number of carbonyl (C=O) groups is 3. The number of carbonyl (C=O) groups excluding carboxylic acids is 3. The minimum atomic E-state index is -5.41. The first kappa shape index (κ1) is 53.3. The largest absolute Gasteiger partial charge is 0.444 e. The summed E-state index contributed by atoms with van der Waals surface area (Å²) < 4.78 is 131. The Bertz CT molecular complexity index is 2360. The van der Waals surface area contributed by atoms with E-state index in [0.717, 1.165) is 10.4 Å². The molecule has 4 rings (SSSR count). The van der Waals surface area contributed by atoms with Crippen molar-refractivity contribution >= 4 is 52.1 Å². The lowest BCUT2D eigenvalue weighted by Gasteiger charge is -2.44. The van der Waals surface area contributed by atoms with Crippen molar-refractivity contribution in [2.75, 3.05) is 11.6 Å². The Labute approximate surface area is 382 Å². The molecule has 0 aliphatic carbocycles. The molecule has 0 aliphatic heterocycles. The van der Waals surface area contributed by atoms with Gasteiger partial charge >= 0.3 is 18.4 Å². The summed E-state index contributed by atoms with van der Waals surface area (Å²) in [5.41, 5.74) is -5.30. The van der Waals surface area contributed by atoms with Crippen molar-refractivity contribution in [3.8, 4) is 0 Å². The van der Waals surface area contributed by atoms with E-state index in [9.17, 15) is 36.0 Å². The van der Waals surface area contributed by atoms with Crippen LogP contribution in [-0.4, -0.2) is 69.4 Å². The first-order valence-corrected chi connectivity index (χ1v) is 24.8. The van der Waals surface area contributed by atoms with Gasteiger partial charge in [0.15, 0.2) is 20.6 Å². The van der Waals surface area contributed by atoms with E-state index in [-0.39, 0.29) is 35.6 Å². The molecule has 0 saturated heterocycles. The molecule has 12 nitrogen and oxygen atoms in total. The number of hydrazine groups is 1. The number of sulfone groups is 1. The Kier molecular flexibility index (Phi) is 17.0. The zero-order valence-corrected chi connectivity index (χ0v) is 39.8. The summed E-state index contributed by atoms with van der Waals surface area (Å²) in [6.07, 6.45) is -12.3. The van der Waals surface area contributed by atoms with Gasteiger partial charge in [-0.25, -0.2) is 18.2 Å². The molecular weight excluding hydrogens is 911 g/mol. The van der Waals surface area contributed by atoms with Crippen molar-refractivity contribution in [2.45, 2.75) is 127 Å². The Morgan fingerprint density at radius 1 is 0.758 bits per heavy atom. The molecule has 3 N–H and O–H groups in total. The van der Waals surface area contributed by atoms with Crippen molar-refractivity contribution in [1.82, 2.24) is 15.8 Å². The molecule has 0 spiro atoms. The van der Waals surface area contributed by atoms with Gasteiger partial charge in [-0.3, -0.25) is 25.8 Å². The molecule has 0 unspecified atom stereocenters. The van der Waals surface area contributed by atoms with Crippen LogP contribution in [0.3, 0.4) is 0 Å². The maximum absolute atomic E-state index is 15.4. The van der Waals surface area contributed by atoms with E-state index in [2.05, 4.69) is 25.8 Å². The third-order valence-corrected chi connectivity index (χ3v) is 16.5. The summed E-state index contributed by atoms with van der Waals surface area (Å²) in [6, 6.07) is 27.6. The average molecular weight is 967 g/mol. The number of benzene rings is 3. The number of aromatic nitrogens is 1. The normalized spacial score (nSPS) is 14.2. The smallest absolute Gasteiger partial charge is 0.426 e. The van der Waals surface area contributed by atoms with Gasteiger partial charge in [-0.15, -0.1) is 0 Å². The maximum atomic E-state index is 15.4. The molecule has 0 bridgehead atoms. The Morgan fingerprint density at radius 2 is 1.29 bits per heavy atom. The Morgan fingerprint density at radius 3 is 1.76 bits per heavy atom. The number of nitrogens with zero attached hydrogens (tertiary/aromatic N) is 1. The fraction of sp³-hybridized carbons (Fsp3) is 0.435. The van der Waals surface area contributed by atoms with Crippen molar-refractivity contribution in [3.05, 3.63) is 114 Å². The highest BCUT2D eigenvalue weighted by molar-refractivity contribution is 7.90. The van der Waals surface area contributed by atoms with Gasteiger partial charge < -0.3 is 13.9 Å². The second-order valence-corrected chi connectivity index (χ2v) is 24.0. The summed E-state index contributed by atoms with van der Waals surface area (Å²) in [5.74, 6) is -3.60. The monoisotopic (exact) mass is 966 g/mol. The van der Waals surface area contributed by atoms with Crippen LogP contribution < -0.4 is 26.5 Å². The molecular formula is C46H56F6N4O8SSi. The van der Waals surface area contributed by atoms with E-state index in [1.165, 1.54) is 32.9 Å². The molecule has 2 atom stereocenters. The van der Waals surface area contributed by atoms with Gasteiger partial charge in [0.2, 0.25) is 5.60 Å². The van der Waals surface area contributed by atoms with E-state index in [0.29, 0.717) is 19.1 Å². The van der Waals surface area contributed by atoms with Crippen molar-refractivity contribution in [1.29, 1.82) is 0 Å². The third kappa shape index (κ3) is 13.4. The Hall–Kier alpha value is -5.31. The molecule has 0 fully saturated rings. The number of amides is 3. The highest BCUT2D eigenvalue weighted by Crippen LogP contribution is 2.41. The standard InChI is InChI=1S/C46H56F6N4O8SSi/c1-31(64-66(43(5,6)7,33-24-16-10-17-25-33)34-26-18-11-19-27-34)21-13-12-20-28-44(46(50,51)52,62-30-32-22-14-9-15-23-32)40(58)56-55-38(57)37-36(53-41(59)63-42(2,3)4)29-35(45(47,48)49)39(54-37)65(8,60)61/h9-11,14-19,22-27,29,31H,12-13,20-21,28,30H2,1-8H3,(H,53,59)(H,55,57)(H,56,58)/t31-,44-/m1/s1. The number of anilines is 1. The quantitative estimate of drug-likeness (QED) is 0.0406. The lowest BCUT2D eigenvalue weighted by atomic mass is 9.93. The van der Waals surface area contributed by atoms with E-state index in [4.69, 9.17) is 13.9 Å². The number of ether oxygens (including phenoxy) is 2. The molecule has 0 radical (unpaired) electrons. The third-order valence-electron chi connectivity index (χ3n) is 10.4. The topological polar surface area (TPSA) is 162 Å². The van der Waals surface area contributed by atoms with Gasteiger partial charge in [0, 0.05) is 12.4 Å². The van der Waals surface area contributed by atoms with Gasteiger partial charge in [0.1, 0.15) is 5.60 Å². The highest BCUT2D eigenvalue weighted by atomic mass is 32.2. The molecule has 1 heterocycles. The zero-order chi connectivity index (χ0) is 49.4. The first-order chi connectivity index (χ1) is 30.5. The van der Waals surface area contributed by atoms with Crippen LogP contribution in [0.15, 0.2) is 102 Å². The van der Waals surface area contributed by atoms with Crippen LogP contribution in [0.25, 0.3) is 0 Å². The van der Waals surface area contributed by atoms with Crippen LogP contribution in [0, 0.1) is 0 Å². The number of alkyl halides is 6. The summed E-state index contributed by atoms with van der Waals surface area (Å²) in [4.78, 5) is 43.4. The number of unbranched alkanes of at least 4 members (excludes halogenated alkanes) is 2. The lowest BCUT2D eigenvalue weighted by molar-refractivity contribution is -0.273. The van der Waals surface area contributed by atoms with Crippen LogP contribution in [0.5, 0.6) is 0 Å². The molecule has 4 aromatic rings. The van der Waals surface area contributed by atoms with Crippen LogP contribution in [-0.2, 0) is 41.3 Å². The van der Waals surface area contributed by atoms with E-state index < -0.39 is 94.6 Å². The second-order valence-electron chi connectivity index (χ2n) is 17.8. The van der Waals surface area contributed by atoms with Gasteiger partial charge in [-0.05, 0) is 74.0 Å². The SMILES string of the molecule is C[C@H](CCCCC[C@@](OCc1ccccc1)(C(=O)NNC(=O)c1nc(S(C)(=O)=O)c(C(F)(F)F)cc1NC(=O)OC(C)(C)C)C(F)(F)F)O[Si](c1ccccc1)(c1ccccc1)C(C)(C)C. The molecule has 0 saturated carbocycles. The van der Waals surface area contributed by atoms with Crippen LogP contribution >= 0.6 is 0 Å². The first-order valence-electron chi connectivity index (χ1n) is 21.0. The number of pyridine rings is 1. The molecule has 20 heteroatoms. The number of hydrogen-bond donors (Lipinski definition) is 3. The van der Waals surface area contributed by atoms with Crippen LogP contribution in [0.1, 0.15) is 102 Å². The average Bonchev–Trinajstić information content (AvgIpc) is 3.21. The summed E-state index contributed by atoms with van der Waals surface area (Å²) >= 11 is 0. The van der Waals surface area contributed by atoms with Crippen LogP contribution in [0.4, 0.5) is 36.8 Å². The molecule has 0 aliphatic rings. The number of nitrogens with one attached hydrogen (secondary N) is 3. The summed E-state index contributed by atoms with van der Waals surface area (Å²) in [6.45, 7) is 11.8. The zero-order valence-electron chi connectivity index (χ0n) is 37.9. The van der Waals surface area contributed by atoms with Gasteiger partial charge in [-0.2, -0.15) is 26.3 Å². The van der Waals surface area contributed by atoms with Gasteiger partial charge in [0.05, 0.1) is 17.9 Å². The van der Waals surface area contributed by atoms with Crippen molar-refractivity contribution in [3.63, 3.8) is 0 Å². The number of hydrogen-bond acceptors (Lipinski definition) is 9. The van der Waals surface area contributed by atoms with Crippen molar-refractivity contribution in [2.24, 2.45) is 0 Å².